The van der Waals surface area contributed by atoms with Gasteiger partial charge in [0.2, 0.25) is 5.91 Å². The molecule has 2 aromatic rings. The summed E-state index contributed by atoms with van der Waals surface area (Å²) in [5, 5.41) is 5.33. The Balaban J connectivity index is 1.51. The van der Waals surface area contributed by atoms with Crippen molar-refractivity contribution >= 4 is 46.0 Å². The first kappa shape index (κ1) is 19.3. The second-order valence-electron chi connectivity index (χ2n) is 6.29. The van der Waals surface area contributed by atoms with E-state index in [4.69, 9.17) is 0 Å². The summed E-state index contributed by atoms with van der Waals surface area (Å²) >= 11 is 2.08. The highest BCUT2D eigenvalue weighted by molar-refractivity contribution is 14.1. The molecule has 0 aromatic heterocycles. The number of carbonyl (C=O) groups excluding carboxylic acids is 3. The maximum atomic E-state index is 12.3. The average molecular weight is 477 g/mol. The van der Waals surface area contributed by atoms with Gasteiger partial charge in [-0.3, -0.25) is 14.4 Å². The van der Waals surface area contributed by atoms with Crippen molar-refractivity contribution in [3.8, 4) is 0 Å². The largest absolute Gasteiger partial charge is 0.343 e. The molecule has 3 amide bonds. The van der Waals surface area contributed by atoms with Crippen molar-refractivity contribution in [3.63, 3.8) is 0 Å². The summed E-state index contributed by atoms with van der Waals surface area (Å²) in [6.07, 6.45) is 2.10. The maximum Gasteiger partial charge on any atom is 0.253 e. The quantitative estimate of drug-likeness (QED) is 0.651. The molecule has 27 heavy (non-hydrogen) atoms. The van der Waals surface area contributed by atoms with Crippen LogP contribution in [0.1, 0.15) is 33.6 Å². The number of amides is 3. The molecule has 0 spiro atoms. The Bertz CT molecular complexity index is 846. The van der Waals surface area contributed by atoms with E-state index in [1.54, 1.807) is 36.4 Å². The summed E-state index contributed by atoms with van der Waals surface area (Å²) < 4.78 is 0.825. The molecule has 140 valence electrons. The SMILES string of the molecule is O=C(CNC(=O)c1ccccc1I)Nc1ccc(C(=O)N2CCCC2)cc1. The summed E-state index contributed by atoms with van der Waals surface area (Å²) in [6, 6.07) is 14.0. The van der Waals surface area contributed by atoms with Gasteiger partial charge in [-0.25, -0.2) is 0 Å². The van der Waals surface area contributed by atoms with Gasteiger partial charge < -0.3 is 15.5 Å². The molecule has 1 heterocycles. The molecule has 0 saturated carbocycles. The van der Waals surface area contributed by atoms with Gasteiger partial charge in [-0.2, -0.15) is 0 Å². The lowest BCUT2D eigenvalue weighted by Crippen LogP contribution is -2.33. The minimum Gasteiger partial charge on any atom is -0.343 e. The Hall–Kier alpha value is -2.42. The van der Waals surface area contributed by atoms with E-state index in [0.29, 0.717) is 16.8 Å². The van der Waals surface area contributed by atoms with Gasteiger partial charge in [0.05, 0.1) is 12.1 Å². The molecule has 0 atom stereocenters. The fourth-order valence-corrected chi connectivity index (χ4v) is 3.54. The van der Waals surface area contributed by atoms with E-state index in [2.05, 4.69) is 33.2 Å². The van der Waals surface area contributed by atoms with E-state index in [9.17, 15) is 14.4 Å². The molecule has 1 saturated heterocycles. The van der Waals surface area contributed by atoms with Crippen LogP contribution in [-0.2, 0) is 4.79 Å². The predicted molar refractivity (Wildman–Crippen MR) is 112 cm³/mol. The fourth-order valence-electron chi connectivity index (χ4n) is 2.91. The number of hydrogen-bond donors (Lipinski definition) is 2. The summed E-state index contributed by atoms with van der Waals surface area (Å²) in [6.45, 7) is 1.48. The molecule has 1 aliphatic rings. The molecule has 0 aliphatic carbocycles. The summed E-state index contributed by atoms with van der Waals surface area (Å²) in [5.41, 5.74) is 1.74. The lowest BCUT2D eigenvalue weighted by Gasteiger charge is -2.15. The number of halogens is 1. The normalized spacial score (nSPS) is 13.3. The van der Waals surface area contributed by atoms with Crippen molar-refractivity contribution in [2.75, 3.05) is 25.0 Å². The van der Waals surface area contributed by atoms with Gasteiger partial charge in [0.1, 0.15) is 0 Å². The lowest BCUT2D eigenvalue weighted by atomic mass is 10.2. The second-order valence-corrected chi connectivity index (χ2v) is 7.45. The highest BCUT2D eigenvalue weighted by Gasteiger charge is 2.19. The van der Waals surface area contributed by atoms with E-state index >= 15 is 0 Å². The van der Waals surface area contributed by atoms with Crippen LogP contribution in [0, 0.1) is 3.57 Å². The molecule has 3 rings (SSSR count). The van der Waals surface area contributed by atoms with E-state index in [-0.39, 0.29) is 24.3 Å². The highest BCUT2D eigenvalue weighted by atomic mass is 127. The molecule has 6 nitrogen and oxygen atoms in total. The van der Waals surface area contributed by atoms with Gasteiger partial charge >= 0.3 is 0 Å². The van der Waals surface area contributed by atoms with Crippen LogP contribution in [0.2, 0.25) is 0 Å². The molecule has 1 aliphatic heterocycles. The topological polar surface area (TPSA) is 78.5 Å². The average Bonchev–Trinajstić information content (AvgIpc) is 3.21. The summed E-state index contributed by atoms with van der Waals surface area (Å²) in [7, 11) is 0. The first-order valence-corrected chi connectivity index (χ1v) is 9.84. The van der Waals surface area contributed by atoms with E-state index in [1.807, 2.05) is 17.0 Å². The van der Waals surface area contributed by atoms with Gasteiger partial charge in [-0.1, -0.05) is 12.1 Å². The van der Waals surface area contributed by atoms with Crippen LogP contribution >= 0.6 is 22.6 Å². The Labute approximate surface area is 171 Å². The van der Waals surface area contributed by atoms with Crippen molar-refractivity contribution in [2.45, 2.75) is 12.8 Å². The Morgan fingerprint density at radius 2 is 1.63 bits per heavy atom. The molecule has 1 fully saturated rings. The molecular formula is C20H20IN3O3. The zero-order valence-electron chi connectivity index (χ0n) is 14.7. The smallest absolute Gasteiger partial charge is 0.253 e. The minimum atomic E-state index is -0.326. The molecule has 0 bridgehead atoms. The molecule has 0 unspecified atom stereocenters. The van der Waals surface area contributed by atoms with Crippen LogP contribution in [0.3, 0.4) is 0 Å². The minimum absolute atomic E-state index is 0.0232. The van der Waals surface area contributed by atoms with Gasteiger partial charge in [0.25, 0.3) is 11.8 Å². The molecule has 2 N–H and O–H groups in total. The van der Waals surface area contributed by atoms with Crippen molar-refractivity contribution < 1.29 is 14.4 Å². The number of hydrogen-bond acceptors (Lipinski definition) is 3. The standard InChI is InChI=1S/C20H20IN3O3/c21-17-6-2-1-5-16(17)19(26)22-13-18(25)23-15-9-7-14(8-10-15)20(27)24-11-3-4-12-24/h1-2,5-10H,3-4,11-13H2,(H,22,26)(H,23,25). The Kier molecular flexibility index (Phi) is 6.44. The number of rotatable bonds is 5. The number of benzene rings is 2. The van der Waals surface area contributed by atoms with Crippen molar-refractivity contribution in [1.29, 1.82) is 0 Å². The first-order valence-electron chi connectivity index (χ1n) is 8.76. The summed E-state index contributed by atoms with van der Waals surface area (Å²) in [4.78, 5) is 38.3. The van der Waals surface area contributed by atoms with Crippen LogP contribution in [-0.4, -0.2) is 42.3 Å². The number of nitrogens with one attached hydrogen (secondary N) is 2. The van der Waals surface area contributed by atoms with Gasteiger partial charge in [0.15, 0.2) is 0 Å². The van der Waals surface area contributed by atoms with Crippen molar-refractivity contribution in [3.05, 3.63) is 63.2 Å². The number of carbonyl (C=O) groups is 3. The van der Waals surface area contributed by atoms with Crippen LogP contribution in [0.5, 0.6) is 0 Å². The van der Waals surface area contributed by atoms with Gasteiger partial charge in [0, 0.05) is 27.9 Å². The van der Waals surface area contributed by atoms with Crippen molar-refractivity contribution in [2.24, 2.45) is 0 Å². The number of anilines is 1. The van der Waals surface area contributed by atoms with E-state index < -0.39 is 0 Å². The second kappa shape index (κ2) is 8.98. The van der Waals surface area contributed by atoms with Gasteiger partial charge in [-0.05, 0) is 71.8 Å². The van der Waals surface area contributed by atoms with Gasteiger partial charge in [-0.15, -0.1) is 0 Å². The van der Waals surface area contributed by atoms with Crippen LogP contribution in [0.15, 0.2) is 48.5 Å². The fraction of sp³-hybridized carbons (Fsp3) is 0.250. The third-order valence-electron chi connectivity index (χ3n) is 4.34. The first-order chi connectivity index (χ1) is 13.0. The Morgan fingerprint density at radius 3 is 2.30 bits per heavy atom. The highest BCUT2D eigenvalue weighted by Crippen LogP contribution is 2.15. The molecule has 7 heteroatoms. The summed E-state index contributed by atoms with van der Waals surface area (Å²) in [5.74, 6) is -0.593. The maximum absolute atomic E-state index is 12.3. The Morgan fingerprint density at radius 1 is 0.963 bits per heavy atom. The van der Waals surface area contributed by atoms with Crippen LogP contribution < -0.4 is 10.6 Å². The van der Waals surface area contributed by atoms with E-state index in [1.165, 1.54) is 0 Å². The molecular weight excluding hydrogens is 457 g/mol. The van der Waals surface area contributed by atoms with Crippen LogP contribution in [0.25, 0.3) is 0 Å². The zero-order valence-corrected chi connectivity index (χ0v) is 16.9. The molecule has 0 radical (unpaired) electrons. The lowest BCUT2D eigenvalue weighted by molar-refractivity contribution is -0.115. The molecule has 2 aromatic carbocycles. The number of nitrogens with zero attached hydrogens (tertiary/aromatic N) is 1. The number of likely N-dealkylation sites (tertiary alicyclic amines) is 1. The van der Waals surface area contributed by atoms with Crippen molar-refractivity contribution in [1.82, 2.24) is 10.2 Å². The van der Waals surface area contributed by atoms with Crippen LogP contribution in [0.4, 0.5) is 5.69 Å². The third kappa shape index (κ3) is 5.06. The zero-order chi connectivity index (χ0) is 19.2. The van der Waals surface area contributed by atoms with E-state index in [0.717, 1.165) is 29.5 Å². The third-order valence-corrected chi connectivity index (χ3v) is 5.28. The monoisotopic (exact) mass is 477 g/mol. The predicted octanol–water partition coefficient (Wildman–Crippen LogP) is 2.90.